The molecular formula is C24H15FO6. The maximum absolute atomic E-state index is 13.0. The van der Waals surface area contributed by atoms with E-state index in [9.17, 15) is 18.8 Å². The fourth-order valence-electron chi connectivity index (χ4n) is 2.88. The maximum Gasteiger partial charge on any atom is 0.349 e. The lowest BCUT2D eigenvalue weighted by Crippen LogP contribution is -2.17. The molecule has 4 rings (SSSR count). The van der Waals surface area contributed by atoms with Crippen molar-refractivity contribution in [3.8, 4) is 11.5 Å². The molecule has 0 bridgehead atoms. The number of carbonyl (C=O) groups is 2. The molecule has 0 N–H and O–H groups in total. The van der Waals surface area contributed by atoms with Crippen molar-refractivity contribution in [2.75, 3.05) is 6.61 Å². The molecule has 3 aromatic carbocycles. The summed E-state index contributed by atoms with van der Waals surface area (Å²) in [4.78, 5) is 35.7. The number of hydrogen-bond donors (Lipinski definition) is 0. The van der Waals surface area contributed by atoms with Crippen molar-refractivity contribution in [3.05, 3.63) is 106 Å². The molecule has 0 unspecified atom stereocenters. The highest BCUT2D eigenvalue weighted by Gasteiger charge is 2.11. The number of ether oxygens (including phenoxy) is 2. The molecule has 0 saturated carbocycles. The minimum Gasteiger partial charge on any atom is -0.482 e. The first-order valence-corrected chi connectivity index (χ1v) is 9.26. The lowest BCUT2D eigenvalue weighted by molar-refractivity contribution is -0.136. The van der Waals surface area contributed by atoms with Crippen molar-refractivity contribution in [1.82, 2.24) is 0 Å². The van der Waals surface area contributed by atoms with E-state index >= 15 is 0 Å². The van der Waals surface area contributed by atoms with Gasteiger partial charge in [-0.3, -0.25) is 4.79 Å². The summed E-state index contributed by atoms with van der Waals surface area (Å²) in [5.41, 5.74) is 0.594. The summed E-state index contributed by atoms with van der Waals surface area (Å²) in [6.07, 6.45) is 0. The molecule has 0 radical (unpaired) electrons. The Kier molecular flexibility index (Phi) is 5.57. The van der Waals surface area contributed by atoms with Gasteiger partial charge in [0, 0.05) is 28.6 Å². The maximum atomic E-state index is 13.0. The fraction of sp³-hybridized carbons (Fsp3) is 0.0417. The van der Waals surface area contributed by atoms with Gasteiger partial charge in [0.25, 0.3) is 0 Å². The second-order valence-electron chi connectivity index (χ2n) is 6.58. The number of ketones is 1. The zero-order valence-corrected chi connectivity index (χ0v) is 16.0. The molecule has 0 amide bonds. The first kappa shape index (κ1) is 20.0. The molecule has 0 saturated heterocycles. The van der Waals surface area contributed by atoms with Crippen LogP contribution in [0.3, 0.4) is 0 Å². The van der Waals surface area contributed by atoms with Crippen molar-refractivity contribution >= 4 is 22.7 Å². The van der Waals surface area contributed by atoms with Gasteiger partial charge in [-0.15, -0.1) is 0 Å². The van der Waals surface area contributed by atoms with Crippen LogP contribution in [0.5, 0.6) is 11.5 Å². The third-order valence-corrected chi connectivity index (χ3v) is 4.41. The van der Waals surface area contributed by atoms with Crippen LogP contribution in [-0.4, -0.2) is 18.4 Å². The summed E-state index contributed by atoms with van der Waals surface area (Å²) in [5, 5.41) is 0.727. The molecule has 0 aliphatic rings. The molecule has 1 heterocycles. The second-order valence-corrected chi connectivity index (χ2v) is 6.58. The predicted molar refractivity (Wildman–Crippen MR) is 110 cm³/mol. The molecule has 7 heteroatoms. The van der Waals surface area contributed by atoms with Crippen LogP contribution < -0.4 is 15.1 Å². The molecule has 6 nitrogen and oxygen atoms in total. The van der Waals surface area contributed by atoms with Crippen LogP contribution in [0.25, 0.3) is 11.0 Å². The Morgan fingerprint density at radius 3 is 2.13 bits per heavy atom. The van der Waals surface area contributed by atoms with Gasteiger partial charge >= 0.3 is 11.6 Å². The number of rotatable bonds is 6. The Morgan fingerprint density at radius 1 is 0.806 bits per heavy atom. The zero-order chi connectivity index (χ0) is 21.8. The molecule has 31 heavy (non-hydrogen) atoms. The Hall–Kier alpha value is -4.26. The quantitative estimate of drug-likeness (QED) is 0.203. The lowest BCUT2D eigenvalue weighted by atomic mass is 10.0. The van der Waals surface area contributed by atoms with E-state index in [-0.39, 0.29) is 18.1 Å². The molecule has 0 aliphatic carbocycles. The van der Waals surface area contributed by atoms with E-state index in [1.807, 2.05) is 0 Å². The van der Waals surface area contributed by atoms with Crippen molar-refractivity contribution in [3.63, 3.8) is 0 Å². The monoisotopic (exact) mass is 418 g/mol. The normalized spacial score (nSPS) is 10.6. The largest absolute Gasteiger partial charge is 0.482 e. The van der Waals surface area contributed by atoms with Crippen LogP contribution in [-0.2, 0) is 4.79 Å². The highest BCUT2D eigenvalue weighted by atomic mass is 19.1. The van der Waals surface area contributed by atoms with E-state index < -0.39 is 17.4 Å². The van der Waals surface area contributed by atoms with Crippen LogP contribution in [0, 0.1) is 5.82 Å². The zero-order valence-electron chi connectivity index (χ0n) is 16.0. The number of halogens is 1. The van der Waals surface area contributed by atoms with Crippen molar-refractivity contribution in [2.24, 2.45) is 0 Å². The Bertz CT molecular complexity index is 1310. The molecule has 4 aromatic rings. The van der Waals surface area contributed by atoms with Gasteiger partial charge in [0.05, 0.1) is 0 Å². The van der Waals surface area contributed by atoms with Crippen LogP contribution in [0.4, 0.5) is 4.39 Å². The topological polar surface area (TPSA) is 82.8 Å². The van der Waals surface area contributed by atoms with Gasteiger partial charge in [0.15, 0.2) is 12.4 Å². The molecule has 0 atom stereocenters. The van der Waals surface area contributed by atoms with Gasteiger partial charge in [-0.25, -0.2) is 14.0 Å². The summed E-state index contributed by atoms with van der Waals surface area (Å²) in [7, 11) is 0. The molecule has 0 fully saturated rings. The van der Waals surface area contributed by atoms with Crippen molar-refractivity contribution in [2.45, 2.75) is 0 Å². The van der Waals surface area contributed by atoms with E-state index in [0.29, 0.717) is 22.5 Å². The average Bonchev–Trinajstić information content (AvgIpc) is 2.78. The van der Waals surface area contributed by atoms with Crippen molar-refractivity contribution < 1.29 is 27.9 Å². The summed E-state index contributed by atoms with van der Waals surface area (Å²) >= 11 is 0. The predicted octanol–water partition coefficient (Wildman–Crippen LogP) is 4.15. The van der Waals surface area contributed by atoms with Crippen molar-refractivity contribution in [1.29, 1.82) is 0 Å². The molecule has 0 spiro atoms. The molecule has 154 valence electrons. The summed E-state index contributed by atoms with van der Waals surface area (Å²) < 4.78 is 28.7. The van der Waals surface area contributed by atoms with Crippen LogP contribution in [0.2, 0.25) is 0 Å². The third-order valence-electron chi connectivity index (χ3n) is 4.41. The molecular weight excluding hydrogens is 403 g/mol. The van der Waals surface area contributed by atoms with Crippen LogP contribution in [0.15, 0.2) is 88.1 Å². The smallest absolute Gasteiger partial charge is 0.349 e. The van der Waals surface area contributed by atoms with Gasteiger partial charge in [-0.2, -0.15) is 0 Å². The first-order valence-electron chi connectivity index (χ1n) is 9.26. The van der Waals surface area contributed by atoms with Crippen LogP contribution >= 0.6 is 0 Å². The number of fused-ring (bicyclic) bond motifs is 1. The molecule has 0 aliphatic heterocycles. The Labute approximate surface area is 175 Å². The summed E-state index contributed by atoms with van der Waals surface area (Å²) in [6, 6.07) is 19.0. The SMILES string of the molecule is O=C(COc1ccc2ccc(=O)oc2c1)Oc1ccc(C(=O)c2ccc(F)cc2)cc1. The third kappa shape index (κ3) is 4.84. The second kappa shape index (κ2) is 8.62. The Balaban J connectivity index is 1.36. The van der Waals surface area contributed by atoms with Gasteiger partial charge in [-0.1, -0.05) is 0 Å². The standard InChI is InChI=1S/C24H15FO6/c25-18-7-1-16(2-8-18)24(28)17-4-9-19(10-5-17)30-23(27)14-29-20-11-3-15-6-12-22(26)31-21(15)13-20/h1-13H,14H2. The number of esters is 1. The minimum absolute atomic E-state index is 0.244. The highest BCUT2D eigenvalue weighted by molar-refractivity contribution is 6.09. The lowest BCUT2D eigenvalue weighted by Gasteiger charge is -2.08. The minimum atomic E-state index is -0.646. The van der Waals surface area contributed by atoms with Gasteiger partial charge in [0.2, 0.25) is 0 Å². The van der Waals surface area contributed by atoms with E-state index in [4.69, 9.17) is 13.9 Å². The van der Waals surface area contributed by atoms with Gasteiger partial charge in [0.1, 0.15) is 22.9 Å². The average molecular weight is 418 g/mol. The van der Waals surface area contributed by atoms with E-state index in [1.165, 1.54) is 60.7 Å². The molecule has 1 aromatic heterocycles. The fourth-order valence-corrected chi connectivity index (χ4v) is 2.88. The van der Waals surface area contributed by atoms with Crippen LogP contribution in [0.1, 0.15) is 15.9 Å². The van der Waals surface area contributed by atoms with Gasteiger partial charge in [-0.05, 0) is 66.7 Å². The summed E-state index contributed by atoms with van der Waals surface area (Å²) in [6.45, 7) is -0.362. The summed E-state index contributed by atoms with van der Waals surface area (Å²) in [5.74, 6) is -0.751. The number of benzene rings is 3. The van der Waals surface area contributed by atoms with E-state index in [2.05, 4.69) is 0 Å². The number of hydrogen-bond acceptors (Lipinski definition) is 6. The van der Waals surface area contributed by atoms with E-state index in [1.54, 1.807) is 18.2 Å². The number of carbonyl (C=O) groups excluding carboxylic acids is 2. The van der Waals surface area contributed by atoms with E-state index in [0.717, 1.165) is 5.39 Å². The van der Waals surface area contributed by atoms with Gasteiger partial charge < -0.3 is 13.9 Å². The highest BCUT2D eigenvalue weighted by Crippen LogP contribution is 2.20. The Morgan fingerprint density at radius 2 is 1.42 bits per heavy atom. The first-order chi connectivity index (χ1) is 15.0.